The van der Waals surface area contributed by atoms with Crippen LogP contribution < -0.4 is 9.47 Å². The summed E-state index contributed by atoms with van der Waals surface area (Å²) in [7, 11) is 0. The highest BCUT2D eigenvalue weighted by Gasteiger charge is 2.18. The van der Waals surface area contributed by atoms with Gasteiger partial charge in [-0.25, -0.2) is 0 Å². The Kier molecular flexibility index (Phi) is 31.5. The number of allylic oxidation sites excluding steroid dienone is 8. The Bertz CT molecular complexity index is 1130. The third-order valence-corrected chi connectivity index (χ3v) is 9.71. The lowest BCUT2D eigenvalue weighted by atomic mass is 9.97. The van der Waals surface area contributed by atoms with Crippen LogP contribution in [0.15, 0.2) is 66.8 Å². The minimum Gasteiger partial charge on any atom is -0.493 e. The van der Waals surface area contributed by atoms with Crippen molar-refractivity contribution in [1.29, 1.82) is 0 Å². The van der Waals surface area contributed by atoms with Gasteiger partial charge in [0, 0.05) is 11.6 Å². The Hall–Kier alpha value is -3.61. The molecule has 2 atom stereocenters. The van der Waals surface area contributed by atoms with Gasteiger partial charge in [0.15, 0.2) is 0 Å². The number of unbranched alkanes of at least 4 members (excludes halogenated alkanes) is 14. The topological polar surface area (TPSA) is 110 Å². The lowest BCUT2D eigenvalue weighted by molar-refractivity contribution is -0.143. The van der Waals surface area contributed by atoms with Crippen LogP contribution in [-0.2, 0) is 9.59 Å². The van der Waals surface area contributed by atoms with Gasteiger partial charge in [-0.1, -0.05) is 127 Å². The van der Waals surface area contributed by atoms with Gasteiger partial charge in [0.05, 0.1) is 25.0 Å². The van der Waals surface area contributed by atoms with Gasteiger partial charge < -0.3 is 19.7 Å². The molecule has 0 aliphatic heterocycles. The Labute approximate surface area is 328 Å². The van der Waals surface area contributed by atoms with Crippen molar-refractivity contribution in [1.82, 2.24) is 0 Å². The highest BCUT2D eigenvalue weighted by atomic mass is 16.5. The fourth-order valence-corrected chi connectivity index (χ4v) is 6.30. The molecule has 0 spiro atoms. The van der Waals surface area contributed by atoms with E-state index in [4.69, 9.17) is 9.47 Å². The standard InChI is InChI=1S/C47H74O7/c1-3-5-7-9-11-13-15-17-19-21-23-25-27-29-31-42(46(49)50)33-35-53-44-37-41(40-48)38-45(39-44)54-36-34-43(47(51)52)32-30-28-26-24-22-20-18-16-14-12-10-8-6-4-2/h11-14,17-20,37-40,42-43H,3-10,15-16,21-36H2,1-2H3,(H,49,50)(H,51,52)/b13-11-,14-12-,19-17-,20-18-. The predicted octanol–water partition coefficient (Wildman–Crippen LogP) is 13.3. The minimum absolute atomic E-state index is 0.213. The second kappa shape index (κ2) is 35.1. The summed E-state index contributed by atoms with van der Waals surface area (Å²) in [6, 6.07) is 4.89. The third kappa shape index (κ3) is 27.9. The first-order valence-corrected chi connectivity index (χ1v) is 21.3. The van der Waals surface area contributed by atoms with Crippen molar-refractivity contribution in [2.45, 2.75) is 168 Å². The van der Waals surface area contributed by atoms with Gasteiger partial charge in [-0.3, -0.25) is 14.4 Å². The van der Waals surface area contributed by atoms with E-state index in [1.807, 2.05) is 0 Å². The highest BCUT2D eigenvalue weighted by molar-refractivity contribution is 5.76. The number of aldehydes is 1. The molecule has 0 saturated heterocycles. The molecule has 54 heavy (non-hydrogen) atoms. The number of carboxylic acids is 2. The number of ether oxygens (including phenoxy) is 2. The summed E-state index contributed by atoms with van der Waals surface area (Å²) in [6.07, 6.45) is 42.9. The van der Waals surface area contributed by atoms with E-state index in [-0.39, 0.29) is 13.2 Å². The largest absolute Gasteiger partial charge is 0.493 e. The molecule has 1 aromatic carbocycles. The second-order valence-electron chi connectivity index (χ2n) is 14.5. The van der Waals surface area contributed by atoms with Crippen LogP contribution in [-0.4, -0.2) is 41.7 Å². The number of hydrogen-bond acceptors (Lipinski definition) is 5. The van der Waals surface area contributed by atoms with E-state index in [2.05, 4.69) is 62.5 Å². The smallest absolute Gasteiger partial charge is 0.306 e. The summed E-state index contributed by atoms with van der Waals surface area (Å²) in [6.45, 7) is 4.87. The van der Waals surface area contributed by atoms with Crippen molar-refractivity contribution < 1.29 is 34.1 Å². The summed E-state index contributed by atoms with van der Waals surface area (Å²) in [5.41, 5.74) is 0.384. The number of benzene rings is 1. The fraction of sp³-hybridized carbons (Fsp3) is 0.638. The zero-order valence-electron chi connectivity index (χ0n) is 33.9. The number of rotatable bonds is 37. The molecule has 7 heteroatoms. The van der Waals surface area contributed by atoms with E-state index in [1.54, 1.807) is 18.2 Å². The van der Waals surface area contributed by atoms with Gasteiger partial charge in [-0.2, -0.15) is 0 Å². The number of carbonyl (C=O) groups is 3. The average molecular weight is 751 g/mol. The van der Waals surface area contributed by atoms with E-state index < -0.39 is 23.8 Å². The lowest BCUT2D eigenvalue weighted by Gasteiger charge is -2.15. The van der Waals surface area contributed by atoms with Crippen molar-refractivity contribution in [3.05, 3.63) is 72.4 Å². The van der Waals surface area contributed by atoms with Crippen LogP contribution in [0, 0.1) is 11.8 Å². The van der Waals surface area contributed by atoms with Crippen molar-refractivity contribution in [3.8, 4) is 11.5 Å². The lowest BCUT2D eigenvalue weighted by Crippen LogP contribution is -2.17. The van der Waals surface area contributed by atoms with Crippen molar-refractivity contribution in [2.24, 2.45) is 11.8 Å². The molecule has 0 amide bonds. The highest BCUT2D eigenvalue weighted by Crippen LogP contribution is 2.25. The molecule has 0 fully saturated rings. The molecule has 0 bridgehead atoms. The van der Waals surface area contributed by atoms with Crippen LogP contribution >= 0.6 is 0 Å². The van der Waals surface area contributed by atoms with Gasteiger partial charge in [0.1, 0.15) is 17.8 Å². The predicted molar refractivity (Wildman–Crippen MR) is 224 cm³/mol. The minimum atomic E-state index is -0.813. The molecule has 2 unspecified atom stereocenters. The van der Waals surface area contributed by atoms with Crippen molar-refractivity contribution in [2.75, 3.05) is 13.2 Å². The van der Waals surface area contributed by atoms with E-state index in [1.165, 1.54) is 51.4 Å². The fourth-order valence-electron chi connectivity index (χ4n) is 6.30. The van der Waals surface area contributed by atoms with Crippen LogP contribution in [0.4, 0.5) is 0 Å². The number of hydrogen-bond donors (Lipinski definition) is 2. The summed E-state index contributed by atoms with van der Waals surface area (Å²) in [4.78, 5) is 35.4. The van der Waals surface area contributed by atoms with Crippen LogP contribution in [0.3, 0.4) is 0 Å². The molecule has 1 aromatic rings. The Morgan fingerprint density at radius 2 is 0.889 bits per heavy atom. The molecule has 2 N–H and O–H groups in total. The molecular formula is C47H74O7. The van der Waals surface area contributed by atoms with Crippen LogP contribution in [0.25, 0.3) is 0 Å². The zero-order chi connectivity index (χ0) is 39.3. The number of aliphatic carboxylic acids is 2. The van der Waals surface area contributed by atoms with E-state index in [0.29, 0.717) is 49.0 Å². The molecule has 7 nitrogen and oxygen atoms in total. The Balaban J connectivity index is 2.32. The van der Waals surface area contributed by atoms with Gasteiger partial charge in [0.2, 0.25) is 0 Å². The molecule has 1 rings (SSSR count). The molecular weight excluding hydrogens is 677 g/mol. The molecule has 0 aliphatic rings. The monoisotopic (exact) mass is 751 g/mol. The summed E-state index contributed by atoms with van der Waals surface area (Å²) in [5.74, 6) is -1.73. The van der Waals surface area contributed by atoms with E-state index >= 15 is 0 Å². The average Bonchev–Trinajstić information content (AvgIpc) is 3.16. The van der Waals surface area contributed by atoms with E-state index in [0.717, 1.165) is 77.0 Å². The third-order valence-electron chi connectivity index (χ3n) is 9.71. The van der Waals surface area contributed by atoms with Gasteiger partial charge in [0.25, 0.3) is 0 Å². The maximum atomic E-state index is 11.9. The Morgan fingerprint density at radius 1 is 0.519 bits per heavy atom. The maximum absolute atomic E-state index is 11.9. The number of carboxylic acid groups (broad SMARTS) is 2. The van der Waals surface area contributed by atoms with Gasteiger partial charge in [-0.15, -0.1) is 0 Å². The normalized spacial score (nSPS) is 13.0. The first-order chi connectivity index (χ1) is 26.4. The molecule has 304 valence electrons. The first kappa shape index (κ1) is 48.4. The van der Waals surface area contributed by atoms with Crippen LogP contribution in [0.1, 0.15) is 178 Å². The SMILES string of the molecule is CCCCC/C=C\C/C=C\CCCCCCC(CCOc1cc(C=O)cc(OCCC(CCCCCC/C=C\C/C=C\CCCCC)C(=O)O)c1)C(=O)O. The van der Waals surface area contributed by atoms with Crippen molar-refractivity contribution >= 4 is 18.2 Å². The van der Waals surface area contributed by atoms with Gasteiger partial charge in [-0.05, 0) is 102 Å². The molecule has 0 aromatic heterocycles. The summed E-state index contributed by atoms with van der Waals surface area (Å²) >= 11 is 0. The molecule has 0 heterocycles. The summed E-state index contributed by atoms with van der Waals surface area (Å²) < 4.78 is 11.8. The first-order valence-electron chi connectivity index (χ1n) is 21.3. The van der Waals surface area contributed by atoms with E-state index in [9.17, 15) is 24.6 Å². The number of carbonyl (C=O) groups excluding carboxylic acids is 1. The Morgan fingerprint density at radius 3 is 1.24 bits per heavy atom. The summed E-state index contributed by atoms with van der Waals surface area (Å²) in [5, 5.41) is 19.5. The molecule has 0 radical (unpaired) electrons. The zero-order valence-corrected chi connectivity index (χ0v) is 33.9. The maximum Gasteiger partial charge on any atom is 0.306 e. The van der Waals surface area contributed by atoms with Crippen LogP contribution in [0.2, 0.25) is 0 Å². The van der Waals surface area contributed by atoms with Crippen molar-refractivity contribution in [3.63, 3.8) is 0 Å². The molecule has 0 aliphatic carbocycles. The molecule has 0 saturated carbocycles. The van der Waals surface area contributed by atoms with Gasteiger partial charge >= 0.3 is 11.9 Å². The second-order valence-corrected chi connectivity index (χ2v) is 14.5. The quantitative estimate of drug-likeness (QED) is 0.0396. The van der Waals surface area contributed by atoms with Crippen LogP contribution in [0.5, 0.6) is 11.5 Å².